The average molecular weight is 515 g/mol. The van der Waals surface area contributed by atoms with Crippen molar-refractivity contribution in [3.05, 3.63) is 72.1 Å². The number of carbonyl (C=O) groups excluding carboxylic acids is 3. The first-order valence-corrected chi connectivity index (χ1v) is 13.2. The van der Waals surface area contributed by atoms with Crippen molar-refractivity contribution < 1.29 is 19.1 Å². The van der Waals surface area contributed by atoms with E-state index in [0.29, 0.717) is 18.7 Å². The third kappa shape index (κ3) is 5.96. The Bertz CT molecular complexity index is 1350. The predicted molar refractivity (Wildman–Crippen MR) is 146 cm³/mol. The van der Waals surface area contributed by atoms with Gasteiger partial charge in [-0.1, -0.05) is 18.2 Å². The van der Waals surface area contributed by atoms with E-state index in [0.717, 1.165) is 41.3 Å². The number of fused-ring (bicyclic) bond motifs is 1. The van der Waals surface area contributed by atoms with Crippen LogP contribution in [0.25, 0.3) is 10.8 Å². The molecule has 3 unspecified atom stereocenters. The molecular weight excluding hydrogens is 480 g/mol. The zero-order chi connectivity index (χ0) is 26.9. The zero-order valence-corrected chi connectivity index (χ0v) is 22.1. The lowest BCUT2D eigenvalue weighted by Crippen LogP contribution is -2.45. The van der Waals surface area contributed by atoms with Crippen molar-refractivity contribution in [2.75, 3.05) is 18.4 Å². The number of aromatic nitrogens is 1. The number of rotatable bonds is 6. The van der Waals surface area contributed by atoms with Crippen LogP contribution in [-0.4, -0.2) is 52.5 Å². The van der Waals surface area contributed by atoms with Gasteiger partial charge in [0, 0.05) is 48.0 Å². The van der Waals surface area contributed by atoms with Gasteiger partial charge in [-0.05, 0) is 87.2 Å². The summed E-state index contributed by atoms with van der Waals surface area (Å²) >= 11 is 0. The number of hydrogen-bond donors (Lipinski definition) is 2. The minimum Gasteiger partial charge on any atom is -0.444 e. The van der Waals surface area contributed by atoms with Crippen molar-refractivity contribution in [1.29, 1.82) is 0 Å². The molecule has 2 N–H and O–H groups in total. The van der Waals surface area contributed by atoms with E-state index >= 15 is 0 Å². The highest BCUT2D eigenvalue weighted by molar-refractivity contribution is 5.97. The molecule has 2 aliphatic rings. The average Bonchev–Trinajstić information content (AvgIpc) is 3.55. The van der Waals surface area contributed by atoms with Gasteiger partial charge in [0.25, 0.3) is 5.91 Å². The molecule has 3 amide bonds. The smallest absolute Gasteiger partial charge is 0.410 e. The SMILES string of the molecule is CC(C)(C)OC(=O)N1CCCC1CNC(=O)c1ccc(C2CC2C(=O)Nc2ccc3cnccc3c2)cc1. The molecule has 2 aromatic carbocycles. The van der Waals surface area contributed by atoms with Crippen LogP contribution in [0.15, 0.2) is 60.9 Å². The Labute approximate surface area is 222 Å². The molecule has 5 rings (SSSR count). The van der Waals surface area contributed by atoms with Crippen LogP contribution >= 0.6 is 0 Å². The Morgan fingerprint density at radius 1 is 1.05 bits per heavy atom. The molecule has 2 heterocycles. The first-order chi connectivity index (χ1) is 18.2. The summed E-state index contributed by atoms with van der Waals surface area (Å²) in [6, 6.07) is 15.1. The van der Waals surface area contributed by atoms with E-state index in [4.69, 9.17) is 4.74 Å². The molecule has 38 heavy (non-hydrogen) atoms. The van der Waals surface area contributed by atoms with Crippen molar-refractivity contribution in [1.82, 2.24) is 15.2 Å². The molecule has 0 spiro atoms. The van der Waals surface area contributed by atoms with Crippen molar-refractivity contribution in [3.63, 3.8) is 0 Å². The monoisotopic (exact) mass is 514 g/mol. The van der Waals surface area contributed by atoms with E-state index in [-0.39, 0.29) is 35.8 Å². The fourth-order valence-electron chi connectivity index (χ4n) is 5.05. The summed E-state index contributed by atoms with van der Waals surface area (Å²) in [5, 5.41) is 8.06. The van der Waals surface area contributed by atoms with Gasteiger partial charge in [-0.25, -0.2) is 4.79 Å². The van der Waals surface area contributed by atoms with Gasteiger partial charge >= 0.3 is 6.09 Å². The van der Waals surface area contributed by atoms with Crippen LogP contribution in [0.4, 0.5) is 10.5 Å². The zero-order valence-electron chi connectivity index (χ0n) is 22.1. The van der Waals surface area contributed by atoms with E-state index in [1.165, 1.54) is 0 Å². The molecule has 0 bridgehead atoms. The number of amides is 3. The molecule has 8 nitrogen and oxygen atoms in total. The number of hydrogen-bond acceptors (Lipinski definition) is 5. The maximum atomic E-state index is 12.8. The summed E-state index contributed by atoms with van der Waals surface area (Å²) in [4.78, 5) is 43.9. The maximum Gasteiger partial charge on any atom is 0.410 e. The topological polar surface area (TPSA) is 101 Å². The molecule has 1 saturated carbocycles. The normalized spacial score (nSPS) is 20.7. The number of nitrogens with zero attached hydrogens (tertiary/aromatic N) is 2. The van der Waals surface area contributed by atoms with Gasteiger partial charge in [0.1, 0.15) is 5.60 Å². The molecule has 1 aliphatic carbocycles. The van der Waals surface area contributed by atoms with Crippen LogP contribution in [0.2, 0.25) is 0 Å². The second-order valence-electron chi connectivity index (χ2n) is 11.2. The van der Waals surface area contributed by atoms with Crippen LogP contribution < -0.4 is 10.6 Å². The van der Waals surface area contributed by atoms with Crippen LogP contribution in [0.3, 0.4) is 0 Å². The van der Waals surface area contributed by atoms with Gasteiger partial charge in [0.15, 0.2) is 0 Å². The number of nitrogens with one attached hydrogen (secondary N) is 2. The summed E-state index contributed by atoms with van der Waals surface area (Å²) in [6.45, 7) is 6.57. The summed E-state index contributed by atoms with van der Waals surface area (Å²) in [5.74, 6) is -0.0952. The molecule has 198 valence electrons. The van der Waals surface area contributed by atoms with Crippen LogP contribution in [0.5, 0.6) is 0 Å². The molecule has 2 fully saturated rings. The fraction of sp³-hybridized carbons (Fsp3) is 0.400. The molecule has 3 atom stereocenters. The van der Waals surface area contributed by atoms with E-state index < -0.39 is 5.60 Å². The van der Waals surface area contributed by atoms with Gasteiger partial charge in [0.2, 0.25) is 5.91 Å². The Kier molecular flexibility index (Phi) is 7.06. The summed E-state index contributed by atoms with van der Waals surface area (Å²) in [7, 11) is 0. The van der Waals surface area contributed by atoms with Crippen molar-refractivity contribution in [2.45, 2.75) is 57.6 Å². The summed E-state index contributed by atoms with van der Waals surface area (Å²) in [5.41, 5.74) is 1.84. The first kappa shape index (κ1) is 25.7. The number of pyridine rings is 1. The largest absolute Gasteiger partial charge is 0.444 e. The predicted octanol–water partition coefficient (Wildman–Crippen LogP) is 5.11. The highest BCUT2D eigenvalue weighted by atomic mass is 16.6. The van der Waals surface area contributed by atoms with Crippen LogP contribution in [-0.2, 0) is 9.53 Å². The highest BCUT2D eigenvalue weighted by Crippen LogP contribution is 2.48. The van der Waals surface area contributed by atoms with Gasteiger partial charge in [0.05, 0.1) is 6.04 Å². The number of carbonyl (C=O) groups is 3. The number of ether oxygens (including phenoxy) is 1. The minimum atomic E-state index is -0.551. The lowest BCUT2D eigenvalue weighted by molar-refractivity contribution is -0.117. The van der Waals surface area contributed by atoms with Gasteiger partial charge in [-0.15, -0.1) is 0 Å². The number of anilines is 1. The quantitative estimate of drug-likeness (QED) is 0.476. The van der Waals surface area contributed by atoms with Crippen LogP contribution in [0, 0.1) is 5.92 Å². The van der Waals surface area contributed by atoms with Gasteiger partial charge in [-0.3, -0.25) is 14.6 Å². The number of benzene rings is 2. The lowest BCUT2D eigenvalue weighted by atomic mass is 10.1. The van der Waals surface area contributed by atoms with Crippen molar-refractivity contribution in [3.8, 4) is 0 Å². The molecule has 3 aromatic rings. The van der Waals surface area contributed by atoms with E-state index in [2.05, 4.69) is 15.6 Å². The minimum absolute atomic E-state index is 0.0105. The molecule has 8 heteroatoms. The molecule has 1 aliphatic heterocycles. The van der Waals surface area contributed by atoms with E-state index in [1.54, 1.807) is 29.4 Å². The second kappa shape index (κ2) is 10.4. The molecule has 1 aromatic heterocycles. The summed E-state index contributed by atoms with van der Waals surface area (Å²) < 4.78 is 5.50. The lowest BCUT2D eigenvalue weighted by Gasteiger charge is -2.28. The highest BCUT2D eigenvalue weighted by Gasteiger charge is 2.44. The third-order valence-corrected chi connectivity index (χ3v) is 7.14. The Hall–Kier alpha value is -3.94. The Morgan fingerprint density at radius 3 is 2.61 bits per heavy atom. The van der Waals surface area contributed by atoms with Crippen molar-refractivity contribution in [2.24, 2.45) is 5.92 Å². The second-order valence-corrected chi connectivity index (χ2v) is 11.2. The van der Waals surface area contributed by atoms with E-state index in [1.807, 2.05) is 57.2 Å². The Morgan fingerprint density at radius 2 is 1.84 bits per heavy atom. The third-order valence-electron chi connectivity index (χ3n) is 7.14. The van der Waals surface area contributed by atoms with Gasteiger partial charge < -0.3 is 20.3 Å². The number of likely N-dealkylation sites (tertiary alicyclic amines) is 1. The van der Waals surface area contributed by atoms with Gasteiger partial charge in [-0.2, -0.15) is 0 Å². The molecule has 1 saturated heterocycles. The molecule has 0 radical (unpaired) electrons. The fourth-order valence-corrected chi connectivity index (χ4v) is 5.05. The standard InChI is InChI=1S/C30H34N4O4/c1-30(2,3)38-29(37)34-14-4-5-24(34)18-32-27(35)20-8-6-19(7-9-20)25-16-26(25)28(36)33-23-11-10-22-17-31-13-12-21(22)15-23/h6-13,15,17,24-26H,4-5,14,16,18H2,1-3H3,(H,32,35)(H,33,36). The summed E-state index contributed by atoms with van der Waals surface area (Å²) in [6.07, 6.45) is 5.72. The van der Waals surface area contributed by atoms with E-state index in [9.17, 15) is 14.4 Å². The van der Waals surface area contributed by atoms with Crippen molar-refractivity contribution >= 4 is 34.4 Å². The van der Waals surface area contributed by atoms with Crippen LogP contribution in [0.1, 0.15) is 61.9 Å². The molecular formula is C30H34N4O4. The Balaban J connectivity index is 1.12. The maximum absolute atomic E-state index is 12.8. The first-order valence-electron chi connectivity index (χ1n) is 13.2.